The van der Waals surface area contributed by atoms with E-state index < -0.39 is 0 Å². The quantitative estimate of drug-likeness (QED) is 0.908. The van der Waals surface area contributed by atoms with E-state index in [9.17, 15) is 4.79 Å². The minimum absolute atomic E-state index is 0.177. The molecular formula is C16H23BrN2O. The Balaban J connectivity index is 1.95. The molecule has 1 aromatic carbocycles. The SMILES string of the molecule is Cc1cc(NC(C)C(=O)N2CCC(C)CC2)ccc1Br. The van der Waals surface area contributed by atoms with Gasteiger partial charge in [0.2, 0.25) is 5.91 Å². The van der Waals surface area contributed by atoms with Gasteiger partial charge in [0, 0.05) is 23.2 Å². The van der Waals surface area contributed by atoms with E-state index in [-0.39, 0.29) is 11.9 Å². The average Bonchev–Trinajstić information content (AvgIpc) is 2.43. The number of anilines is 1. The zero-order chi connectivity index (χ0) is 14.7. The summed E-state index contributed by atoms with van der Waals surface area (Å²) < 4.78 is 1.09. The second kappa shape index (κ2) is 6.61. The van der Waals surface area contributed by atoms with Crippen LogP contribution in [0.3, 0.4) is 0 Å². The van der Waals surface area contributed by atoms with Gasteiger partial charge in [0.1, 0.15) is 6.04 Å². The van der Waals surface area contributed by atoms with Crippen LogP contribution in [-0.2, 0) is 4.79 Å². The molecule has 4 heteroatoms. The maximum absolute atomic E-state index is 12.4. The maximum Gasteiger partial charge on any atom is 0.244 e. The minimum atomic E-state index is -0.177. The summed E-state index contributed by atoms with van der Waals surface area (Å²) in [5.41, 5.74) is 2.17. The molecule has 1 fully saturated rings. The molecule has 110 valence electrons. The molecule has 0 radical (unpaired) electrons. The third kappa shape index (κ3) is 3.75. The summed E-state index contributed by atoms with van der Waals surface area (Å²) in [6.07, 6.45) is 2.24. The number of carbonyl (C=O) groups excluding carboxylic acids is 1. The average molecular weight is 339 g/mol. The Labute approximate surface area is 129 Å². The molecule has 1 aliphatic heterocycles. The number of nitrogens with zero attached hydrogens (tertiary/aromatic N) is 1. The summed E-state index contributed by atoms with van der Waals surface area (Å²) in [5, 5.41) is 3.31. The number of hydrogen-bond donors (Lipinski definition) is 1. The summed E-state index contributed by atoms with van der Waals surface area (Å²) >= 11 is 3.49. The van der Waals surface area contributed by atoms with E-state index in [4.69, 9.17) is 0 Å². The lowest BCUT2D eigenvalue weighted by molar-refractivity contribution is -0.132. The zero-order valence-electron chi connectivity index (χ0n) is 12.4. The van der Waals surface area contributed by atoms with Gasteiger partial charge in [-0.2, -0.15) is 0 Å². The van der Waals surface area contributed by atoms with Crippen LogP contribution in [0.5, 0.6) is 0 Å². The molecule has 0 spiro atoms. The largest absolute Gasteiger partial charge is 0.374 e. The van der Waals surface area contributed by atoms with Crippen LogP contribution in [0, 0.1) is 12.8 Å². The lowest BCUT2D eigenvalue weighted by Crippen LogP contribution is -2.45. The Morgan fingerprint density at radius 1 is 1.40 bits per heavy atom. The molecule has 1 unspecified atom stereocenters. The predicted octanol–water partition coefficient (Wildman–Crippen LogP) is 3.82. The van der Waals surface area contributed by atoms with Gasteiger partial charge in [-0.25, -0.2) is 0 Å². The van der Waals surface area contributed by atoms with Crippen molar-refractivity contribution in [3.05, 3.63) is 28.2 Å². The Hall–Kier alpha value is -1.03. The number of likely N-dealkylation sites (tertiary alicyclic amines) is 1. The van der Waals surface area contributed by atoms with E-state index in [1.807, 2.05) is 30.9 Å². The molecule has 1 atom stereocenters. The van der Waals surface area contributed by atoms with Crippen molar-refractivity contribution in [1.29, 1.82) is 0 Å². The van der Waals surface area contributed by atoms with E-state index >= 15 is 0 Å². The first-order valence-corrected chi connectivity index (χ1v) is 8.08. The summed E-state index contributed by atoms with van der Waals surface area (Å²) in [6.45, 7) is 8.04. The Morgan fingerprint density at radius 3 is 2.65 bits per heavy atom. The molecule has 3 nitrogen and oxygen atoms in total. The van der Waals surface area contributed by atoms with Gasteiger partial charge in [0.25, 0.3) is 0 Å². The highest BCUT2D eigenvalue weighted by atomic mass is 79.9. The number of hydrogen-bond acceptors (Lipinski definition) is 2. The van der Waals surface area contributed by atoms with Crippen LogP contribution in [0.2, 0.25) is 0 Å². The minimum Gasteiger partial charge on any atom is -0.374 e. The van der Waals surface area contributed by atoms with Gasteiger partial charge in [-0.15, -0.1) is 0 Å². The highest BCUT2D eigenvalue weighted by Crippen LogP contribution is 2.21. The summed E-state index contributed by atoms with van der Waals surface area (Å²) in [4.78, 5) is 14.4. The Morgan fingerprint density at radius 2 is 2.05 bits per heavy atom. The van der Waals surface area contributed by atoms with E-state index in [1.165, 1.54) is 5.56 Å². The van der Waals surface area contributed by atoms with Crippen molar-refractivity contribution in [3.8, 4) is 0 Å². The number of aryl methyl sites for hydroxylation is 1. The highest BCUT2D eigenvalue weighted by molar-refractivity contribution is 9.10. The van der Waals surface area contributed by atoms with Crippen LogP contribution in [0.25, 0.3) is 0 Å². The predicted molar refractivity (Wildman–Crippen MR) is 86.9 cm³/mol. The number of amides is 1. The third-order valence-electron chi connectivity index (χ3n) is 4.01. The lowest BCUT2D eigenvalue weighted by Gasteiger charge is -2.32. The molecule has 1 amide bonds. The molecule has 1 saturated heterocycles. The van der Waals surface area contributed by atoms with Crippen molar-refractivity contribution in [3.63, 3.8) is 0 Å². The smallest absolute Gasteiger partial charge is 0.244 e. The van der Waals surface area contributed by atoms with Gasteiger partial charge in [0.15, 0.2) is 0 Å². The third-order valence-corrected chi connectivity index (χ3v) is 4.90. The summed E-state index contributed by atoms with van der Waals surface area (Å²) in [5.74, 6) is 0.953. The first-order valence-electron chi connectivity index (χ1n) is 7.29. The van der Waals surface area contributed by atoms with E-state index in [2.05, 4.69) is 34.2 Å². The lowest BCUT2D eigenvalue weighted by atomic mass is 9.99. The number of carbonyl (C=O) groups is 1. The number of piperidine rings is 1. The van der Waals surface area contributed by atoms with Crippen molar-refractivity contribution in [1.82, 2.24) is 4.90 Å². The second-order valence-corrected chi connectivity index (χ2v) is 6.69. The van der Waals surface area contributed by atoms with E-state index in [0.29, 0.717) is 0 Å². The monoisotopic (exact) mass is 338 g/mol. The summed E-state index contributed by atoms with van der Waals surface area (Å²) in [7, 11) is 0. The van der Waals surface area contributed by atoms with E-state index in [0.717, 1.165) is 42.0 Å². The van der Waals surface area contributed by atoms with Crippen LogP contribution in [0.4, 0.5) is 5.69 Å². The normalized spacial score (nSPS) is 17.9. The van der Waals surface area contributed by atoms with Gasteiger partial charge < -0.3 is 10.2 Å². The number of benzene rings is 1. The van der Waals surface area contributed by atoms with Crippen LogP contribution in [0.1, 0.15) is 32.3 Å². The fraction of sp³-hybridized carbons (Fsp3) is 0.562. The maximum atomic E-state index is 12.4. The fourth-order valence-corrected chi connectivity index (χ4v) is 2.80. The van der Waals surface area contributed by atoms with Crippen molar-refractivity contribution in [2.75, 3.05) is 18.4 Å². The molecule has 0 aliphatic carbocycles. The topological polar surface area (TPSA) is 32.3 Å². The second-order valence-electron chi connectivity index (χ2n) is 5.84. The standard InChI is InChI=1S/C16H23BrN2O/c1-11-6-8-19(9-7-11)16(20)13(3)18-14-4-5-15(17)12(2)10-14/h4-5,10-11,13,18H,6-9H2,1-3H3. The first kappa shape index (κ1) is 15.4. The van der Waals surface area contributed by atoms with Gasteiger partial charge in [-0.05, 0) is 56.4 Å². The molecule has 20 heavy (non-hydrogen) atoms. The molecule has 2 rings (SSSR count). The zero-order valence-corrected chi connectivity index (χ0v) is 14.0. The van der Waals surface area contributed by atoms with Gasteiger partial charge in [0.05, 0.1) is 0 Å². The Kier molecular flexibility index (Phi) is 5.08. The van der Waals surface area contributed by atoms with Crippen molar-refractivity contribution in [2.24, 2.45) is 5.92 Å². The molecule has 0 bridgehead atoms. The van der Waals surface area contributed by atoms with Crippen molar-refractivity contribution in [2.45, 2.75) is 39.7 Å². The summed E-state index contributed by atoms with van der Waals surface area (Å²) in [6, 6.07) is 5.90. The van der Waals surface area contributed by atoms with Crippen LogP contribution >= 0.6 is 15.9 Å². The molecular weight excluding hydrogens is 316 g/mol. The van der Waals surface area contributed by atoms with Crippen molar-refractivity contribution < 1.29 is 4.79 Å². The fourth-order valence-electron chi connectivity index (χ4n) is 2.55. The number of halogens is 1. The molecule has 1 N–H and O–H groups in total. The first-order chi connectivity index (χ1) is 9.47. The number of nitrogens with one attached hydrogen (secondary N) is 1. The number of rotatable bonds is 3. The van der Waals surface area contributed by atoms with Crippen molar-refractivity contribution >= 4 is 27.5 Å². The van der Waals surface area contributed by atoms with Crippen LogP contribution in [0.15, 0.2) is 22.7 Å². The van der Waals surface area contributed by atoms with Gasteiger partial charge >= 0.3 is 0 Å². The van der Waals surface area contributed by atoms with Crippen LogP contribution < -0.4 is 5.32 Å². The highest BCUT2D eigenvalue weighted by Gasteiger charge is 2.24. The molecule has 1 heterocycles. The molecule has 0 saturated carbocycles. The molecule has 1 aromatic rings. The van der Waals surface area contributed by atoms with Crippen LogP contribution in [-0.4, -0.2) is 29.9 Å². The van der Waals surface area contributed by atoms with Gasteiger partial charge in [-0.3, -0.25) is 4.79 Å². The molecule has 1 aliphatic rings. The van der Waals surface area contributed by atoms with Gasteiger partial charge in [-0.1, -0.05) is 22.9 Å². The molecule has 0 aromatic heterocycles. The Bertz CT molecular complexity index is 481. The van der Waals surface area contributed by atoms with E-state index in [1.54, 1.807) is 0 Å².